The van der Waals surface area contributed by atoms with Crippen molar-refractivity contribution in [2.24, 2.45) is 0 Å². The number of hydrogen-bond donors (Lipinski definition) is 0. The Morgan fingerprint density at radius 1 is 0.302 bits per heavy atom. The molecule has 9 aromatic rings. The zero-order valence-electron chi connectivity index (χ0n) is 36.1. The summed E-state index contributed by atoms with van der Waals surface area (Å²) in [6.45, 7) is 8.64. The number of para-hydroxylation sites is 3. The van der Waals surface area contributed by atoms with E-state index in [2.05, 4.69) is 260 Å². The Balaban J connectivity index is 1.24. The minimum Gasteiger partial charge on any atom is -0.311 e. The highest BCUT2D eigenvalue weighted by molar-refractivity contribution is 7.00. The maximum atomic E-state index is 2.51. The number of benzene rings is 9. The summed E-state index contributed by atoms with van der Waals surface area (Å²) in [5, 5.41) is 0. The zero-order valence-corrected chi connectivity index (χ0v) is 36.1. The van der Waals surface area contributed by atoms with Crippen LogP contribution in [0, 0.1) is 27.7 Å². The van der Waals surface area contributed by atoms with Gasteiger partial charge in [0, 0.05) is 62.6 Å². The van der Waals surface area contributed by atoms with Crippen LogP contribution in [0.15, 0.2) is 212 Å². The molecule has 2 aliphatic heterocycles. The number of fused-ring (bicyclic) bond motifs is 4. The molecule has 0 radical (unpaired) electrons. The van der Waals surface area contributed by atoms with Gasteiger partial charge in [-0.2, -0.15) is 0 Å². The first-order chi connectivity index (χ1) is 30.9. The number of aryl methyl sites for hydroxylation is 4. The van der Waals surface area contributed by atoms with Crippen LogP contribution in [0.5, 0.6) is 0 Å². The van der Waals surface area contributed by atoms with Crippen LogP contribution in [0.25, 0.3) is 0 Å². The van der Waals surface area contributed by atoms with E-state index in [1.165, 1.54) is 50.0 Å². The largest absolute Gasteiger partial charge is 0.311 e. The smallest absolute Gasteiger partial charge is 0.252 e. The Hall–Kier alpha value is -7.76. The van der Waals surface area contributed by atoms with Crippen molar-refractivity contribution in [2.75, 3.05) is 19.6 Å². The van der Waals surface area contributed by atoms with Gasteiger partial charge in [-0.15, -0.1) is 0 Å². The van der Waals surface area contributed by atoms with Crippen LogP contribution >= 0.6 is 0 Å². The topological polar surface area (TPSA) is 13.0 Å². The predicted octanol–water partition coefficient (Wildman–Crippen LogP) is 13.9. The first-order valence-corrected chi connectivity index (χ1v) is 21.9. The molecule has 4 nitrogen and oxygen atoms in total. The number of anilines is 12. The van der Waals surface area contributed by atoms with E-state index >= 15 is 0 Å². The van der Waals surface area contributed by atoms with E-state index in [9.17, 15) is 0 Å². The molecule has 302 valence electrons. The third-order valence-electron chi connectivity index (χ3n) is 12.6. The average molecular weight is 811 g/mol. The van der Waals surface area contributed by atoms with Crippen molar-refractivity contribution >= 4 is 91.3 Å². The highest BCUT2D eigenvalue weighted by Gasteiger charge is 2.44. The van der Waals surface area contributed by atoms with Crippen LogP contribution in [-0.2, 0) is 0 Å². The molecule has 0 bridgehead atoms. The van der Waals surface area contributed by atoms with Gasteiger partial charge in [-0.3, -0.25) is 0 Å². The third kappa shape index (κ3) is 6.74. The monoisotopic (exact) mass is 810 g/mol. The SMILES string of the molecule is Cc1ccc(N(c2ccc(C)cc2)c2cc3c4c(c2)N(c2ccccc2)c2ccc(N(c5ccccc5)c5ccccc5)cc2B4c2cc(C)ccc2N3c2ccc(C)cc2)cc1. The quantitative estimate of drug-likeness (QED) is 0.142. The highest BCUT2D eigenvalue weighted by Crippen LogP contribution is 2.49. The second-order valence-corrected chi connectivity index (χ2v) is 17.0. The zero-order chi connectivity index (χ0) is 42.6. The lowest BCUT2D eigenvalue weighted by Crippen LogP contribution is -2.61. The van der Waals surface area contributed by atoms with Crippen LogP contribution in [0.3, 0.4) is 0 Å². The summed E-state index contributed by atoms with van der Waals surface area (Å²) in [5.41, 5.74) is 22.3. The van der Waals surface area contributed by atoms with Crippen LogP contribution in [0.1, 0.15) is 22.3 Å². The van der Waals surface area contributed by atoms with E-state index in [-0.39, 0.29) is 6.71 Å². The fourth-order valence-corrected chi connectivity index (χ4v) is 9.63. The maximum absolute atomic E-state index is 2.51. The predicted molar refractivity (Wildman–Crippen MR) is 269 cm³/mol. The van der Waals surface area contributed by atoms with Crippen LogP contribution in [0.2, 0.25) is 0 Å². The molecule has 0 spiro atoms. The van der Waals surface area contributed by atoms with Crippen molar-refractivity contribution in [1.29, 1.82) is 0 Å². The molecular formula is C58H47BN4. The van der Waals surface area contributed by atoms with Crippen molar-refractivity contribution in [3.8, 4) is 0 Å². The molecule has 0 saturated carbocycles. The normalized spacial score (nSPS) is 12.3. The molecule has 2 heterocycles. The molecular weight excluding hydrogens is 763 g/mol. The third-order valence-corrected chi connectivity index (χ3v) is 12.6. The molecule has 2 aliphatic rings. The average Bonchev–Trinajstić information content (AvgIpc) is 3.32. The van der Waals surface area contributed by atoms with Crippen LogP contribution in [-0.4, -0.2) is 6.71 Å². The van der Waals surface area contributed by atoms with Gasteiger partial charge in [0.25, 0.3) is 6.71 Å². The summed E-state index contributed by atoms with van der Waals surface area (Å²) in [6.07, 6.45) is 0. The van der Waals surface area contributed by atoms with Gasteiger partial charge in [-0.05, 0) is 153 Å². The summed E-state index contributed by atoms with van der Waals surface area (Å²) < 4.78 is 0. The van der Waals surface area contributed by atoms with Crippen molar-refractivity contribution < 1.29 is 0 Å². The Kier molecular flexibility index (Phi) is 9.46. The fourth-order valence-electron chi connectivity index (χ4n) is 9.63. The molecule has 0 amide bonds. The minimum atomic E-state index is -0.0591. The first kappa shape index (κ1) is 38.2. The van der Waals surface area contributed by atoms with Crippen molar-refractivity contribution in [3.63, 3.8) is 0 Å². The molecule has 5 heteroatoms. The van der Waals surface area contributed by atoms with Gasteiger partial charge >= 0.3 is 0 Å². The standard InChI is InChI=1S/C58H47BN4/c1-40-20-27-47(28-21-40)61(48-29-22-41(2)23-30-48)51-38-56-58-57(39-51)63(49-31-24-42(3)25-32-49)54-34-26-43(4)36-52(54)59(58)53-37-50(33-35-55(53)62(56)46-18-12-7-13-19-46)60(44-14-8-5-9-15-44)45-16-10-6-11-17-45/h5-39H,1-4H3. The van der Waals surface area contributed by atoms with Gasteiger partial charge in [0.05, 0.1) is 5.69 Å². The summed E-state index contributed by atoms with van der Waals surface area (Å²) in [5.74, 6) is 0. The van der Waals surface area contributed by atoms with E-state index in [0.717, 1.165) is 56.9 Å². The van der Waals surface area contributed by atoms with Crippen molar-refractivity contribution in [1.82, 2.24) is 0 Å². The fraction of sp³-hybridized carbons (Fsp3) is 0.0690. The summed E-state index contributed by atoms with van der Waals surface area (Å²) in [7, 11) is 0. The minimum absolute atomic E-state index is 0.0591. The molecule has 0 saturated heterocycles. The van der Waals surface area contributed by atoms with Gasteiger partial charge in [0.15, 0.2) is 0 Å². The molecule has 0 unspecified atom stereocenters. The second-order valence-electron chi connectivity index (χ2n) is 17.0. The van der Waals surface area contributed by atoms with Crippen molar-refractivity contribution in [2.45, 2.75) is 27.7 Å². The highest BCUT2D eigenvalue weighted by atomic mass is 15.2. The van der Waals surface area contributed by atoms with E-state index in [1.807, 2.05) is 0 Å². The van der Waals surface area contributed by atoms with E-state index in [4.69, 9.17) is 0 Å². The van der Waals surface area contributed by atoms with Gasteiger partial charge < -0.3 is 19.6 Å². The molecule has 0 aromatic heterocycles. The molecule has 0 atom stereocenters. The van der Waals surface area contributed by atoms with Gasteiger partial charge in [0.2, 0.25) is 0 Å². The summed E-state index contributed by atoms with van der Waals surface area (Å²) in [6, 6.07) is 78.2. The molecule has 9 aromatic carbocycles. The summed E-state index contributed by atoms with van der Waals surface area (Å²) in [4.78, 5) is 9.81. The Morgan fingerprint density at radius 3 is 1.21 bits per heavy atom. The molecule has 0 aliphatic carbocycles. The second kappa shape index (κ2) is 15.6. The molecule has 0 N–H and O–H groups in total. The van der Waals surface area contributed by atoms with Crippen molar-refractivity contribution in [3.05, 3.63) is 235 Å². The number of rotatable bonds is 8. The summed E-state index contributed by atoms with van der Waals surface area (Å²) >= 11 is 0. The lowest BCUT2D eigenvalue weighted by molar-refractivity contribution is 1.22. The lowest BCUT2D eigenvalue weighted by atomic mass is 9.33. The van der Waals surface area contributed by atoms with Gasteiger partial charge in [0.1, 0.15) is 0 Å². The Bertz CT molecular complexity index is 3010. The lowest BCUT2D eigenvalue weighted by Gasteiger charge is -2.45. The molecule has 63 heavy (non-hydrogen) atoms. The van der Waals surface area contributed by atoms with E-state index in [0.29, 0.717) is 0 Å². The molecule has 0 fully saturated rings. The van der Waals surface area contributed by atoms with Crippen LogP contribution < -0.4 is 36.0 Å². The Labute approximate surface area is 371 Å². The van der Waals surface area contributed by atoms with E-state index < -0.39 is 0 Å². The maximum Gasteiger partial charge on any atom is 0.252 e. The van der Waals surface area contributed by atoms with E-state index in [1.54, 1.807) is 0 Å². The van der Waals surface area contributed by atoms with Gasteiger partial charge in [-0.25, -0.2) is 0 Å². The Morgan fingerprint density at radius 2 is 0.683 bits per heavy atom. The first-order valence-electron chi connectivity index (χ1n) is 21.9. The molecule has 11 rings (SSSR count). The number of hydrogen-bond acceptors (Lipinski definition) is 4. The number of nitrogens with zero attached hydrogens (tertiary/aromatic N) is 4. The van der Waals surface area contributed by atoms with Gasteiger partial charge in [-0.1, -0.05) is 125 Å². The van der Waals surface area contributed by atoms with Crippen LogP contribution in [0.4, 0.5) is 68.2 Å².